The molecule has 0 aliphatic carbocycles. The summed E-state index contributed by atoms with van der Waals surface area (Å²) in [7, 11) is 0. The zero-order valence-electron chi connectivity index (χ0n) is 15.0. The number of hydrogen-bond donors (Lipinski definition) is 3. The van der Waals surface area contributed by atoms with Gasteiger partial charge < -0.3 is 20.7 Å². The average molecular weight is 382 g/mol. The van der Waals surface area contributed by atoms with Crippen molar-refractivity contribution in [3.05, 3.63) is 48.4 Å². The lowest BCUT2D eigenvalue weighted by atomic mass is 10.2. The Kier molecular flexibility index (Phi) is 4.64. The van der Waals surface area contributed by atoms with Crippen LogP contribution in [0.15, 0.2) is 48.4 Å². The first-order chi connectivity index (χ1) is 13.5. The number of pyridine rings is 2. The molecular formula is C19H19FN6O2. The lowest BCUT2D eigenvalue weighted by Gasteiger charge is -2.16. The van der Waals surface area contributed by atoms with Gasteiger partial charge in [0.05, 0.1) is 36.3 Å². The van der Waals surface area contributed by atoms with Gasteiger partial charge in [-0.2, -0.15) is 0 Å². The zero-order valence-corrected chi connectivity index (χ0v) is 15.0. The Morgan fingerprint density at radius 2 is 2.18 bits per heavy atom. The van der Waals surface area contributed by atoms with Crippen LogP contribution in [0.5, 0.6) is 5.88 Å². The third-order valence-corrected chi connectivity index (χ3v) is 4.76. The van der Waals surface area contributed by atoms with Crippen molar-refractivity contribution in [3.63, 3.8) is 0 Å². The Labute approximate surface area is 160 Å². The Bertz CT molecular complexity index is 946. The molecule has 4 heterocycles. The van der Waals surface area contributed by atoms with Gasteiger partial charge in [0.25, 0.3) is 5.91 Å². The number of anilines is 3. The predicted molar refractivity (Wildman–Crippen MR) is 104 cm³/mol. The SMILES string of the molecule is N=C1CN(c2cccnc2O)C(=O)/C1=C/Nc1ccc(N2CC[C@H](F)C2)nc1. The molecule has 0 spiro atoms. The summed E-state index contributed by atoms with van der Waals surface area (Å²) in [6, 6.07) is 6.77. The first-order valence-electron chi connectivity index (χ1n) is 8.88. The highest BCUT2D eigenvalue weighted by Gasteiger charge is 2.33. The van der Waals surface area contributed by atoms with Crippen LogP contribution in [0.25, 0.3) is 0 Å². The largest absolute Gasteiger partial charge is 0.492 e. The third-order valence-electron chi connectivity index (χ3n) is 4.76. The second-order valence-electron chi connectivity index (χ2n) is 6.66. The Morgan fingerprint density at radius 1 is 1.32 bits per heavy atom. The van der Waals surface area contributed by atoms with Crippen molar-refractivity contribution in [2.24, 2.45) is 0 Å². The fraction of sp³-hybridized carbons (Fsp3) is 0.263. The number of carbonyl (C=O) groups is 1. The monoisotopic (exact) mass is 382 g/mol. The molecule has 1 amide bonds. The number of alkyl halides is 1. The first kappa shape index (κ1) is 17.9. The maximum atomic E-state index is 13.3. The number of nitrogens with one attached hydrogen (secondary N) is 2. The van der Waals surface area contributed by atoms with E-state index in [0.29, 0.717) is 31.0 Å². The summed E-state index contributed by atoms with van der Waals surface area (Å²) in [4.78, 5) is 23.9. The second-order valence-corrected chi connectivity index (χ2v) is 6.66. The first-order valence-corrected chi connectivity index (χ1v) is 8.88. The van der Waals surface area contributed by atoms with Crippen LogP contribution in [0.2, 0.25) is 0 Å². The summed E-state index contributed by atoms with van der Waals surface area (Å²) >= 11 is 0. The van der Waals surface area contributed by atoms with Gasteiger partial charge in [-0.15, -0.1) is 0 Å². The Morgan fingerprint density at radius 3 is 2.86 bits per heavy atom. The molecule has 0 saturated carbocycles. The van der Waals surface area contributed by atoms with E-state index in [1.165, 1.54) is 17.3 Å². The fourth-order valence-corrected chi connectivity index (χ4v) is 3.27. The van der Waals surface area contributed by atoms with Gasteiger partial charge in [0.2, 0.25) is 5.88 Å². The van der Waals surface area contributed by atoms with Gasteiger partial charge in [-0.3, -0.25) is 9.69 Å². The minimum Gasteiger partial charge on any atom is -0.492 e. The molecule has 0 unspecified atom stereocenters. The second kappa shape index (κ2) is 7.26. The van der Waals surface area contributed by atoms with Crippen molar-refractivity contribution in [2.75, 3.05) is 34.8 Å². The highest BCUT2D eigenvalue weighted by atomic mass is 19.1. The molecule has 2 aromatic rings. The number of halogens is 1. The van der Waals surface area contributed by atoms with Gasteiger partial charge in [0.15, 0.2) is 0 Å². The number of rotatable bonds is 4. The average Bonchev–Trinajstić information content (AvgIpc) is 3.24. The lowest BCUT2D eigenvalue weighted by Crippen LogP contribution is -2.25. The van der Waals surface area contributed by atoms with Gasteiger partial charge in [-0.05, 0) is 30.7 Å². The minimum atomic E-state index is -0.814. The molecular weight excluding hydrogens is 363 g/mol. The van der Waals surface area contributed by atoms with Crippen molar-refractivity contribution in [1.82, 2.24) is 9.97 Å². The molecule has 2 aliphatic heterocycles. The van der Waals surface area contributed by atoms with E-state index in [-0.39, 0.29) is 29.4 Å². The van der Waals surface area contributed by atoms with Crippen LogP contribution >= 0.6 is 0 Å². The van der Waals surface area contributed by atoms with Gasteiger partial charge in [-0.25, -0.2) is 14.4 Å². The van der Waals surface area contributed by atoms with Crippen molar-refractivity contribution in [2.45, 2.75) is 12.6 Å². The van der Waals surface area contributed by atoms with Gasteiger partial charge in [-0.1, -0.05) is 0 Å². The molecule has 2 aromatic heterocycles. The van der Waals surface area contributed by atoms with E-state index in [2.05, 4.69) is 15.3 Å². The smallest absolute Gasteiger partial charge is 0.262 e. The third kappa shape index (κ3) is 3.38. The zero-order chi connectivity index (χ0) is 19.7. The summed E-state index contributed by atoms with van der Waals surface area (Å²) in [5.74, 6) is 0.0628. The molecule has 1 atom stereocenters. The van der Waals surface area contributed by atoms with Crippen LogP contribution in [-0.2, 0) is 4.79 Å². The maximum absolute atomic E-state index is 13.3. The molecule has 3 N–H and O–H groups in total. The molecule has 0 radical (unpaired) electrons. The van der Waals surface area contributed by atoms with Crippen molar-refractivity contribution in [3.8, 4) is 5.88 Å². The topological polar surface area (TPSA) is 105 Å². The maximum Gasteiger partial charge on any atom is 0.262 e. The molecule has 9 heteroatoms. The summed E-state index contributed by atoms with van der Waals surface area (Å²) < 4.78 is 13.3. The fourth-order valence-electron chi connectivity index (χ4n) is 3.27. The van der Waals surface area contributed by atoms with Crippen LogP contribution in [-0.4, -0.2) is 52.5 Å². The van der Waals surface area contributed by atoms with Crippen LogP contribution in [0.3, 0.4) is 0 Å². The quantitative estimate of drug-likeness (QED) is 0.700. The summed E-state index contributed by atoms with van der Waals surface area (Å²) in [5, 5.41) is 20.9. The summed E-state index contributed by atoms with van der Waals surface area (Å²) in [5.41, 5.74) is 1.25. The highest BCUT2D eigenvalue weighted by molar-refractivity contribution is 6.33. The molecule has 8 nitrogen and oxygen atoms in total. The summed E-state index contributed by atoms with van der Waals surface area (Å²) in [6.07, 6.45) is 4.19. The van der Waals surface area contributed by atoms with Crippen molar-refractivity contribution >= 4 is 28.8 Å². The normalized spacial score (nSPS) is 21.0. The standard InChI is InChI=1S/C19H19FN6O2/c20-12-5-7-25(10-12)17-4-3-13(8-24-17)23-9-14-15(21)11-26(19(14)28)16-2-1-6-22-18(16)27/h1-4,6,8-9,12,21,23H,5,7,10-11H2,(H,22,27)/b14-9+,21-15?/t12-/m0/s1. The molecule has 28 heavy (non-hydrogen) atoms. The number of aromatic nitrogens is 2. The van der Waals surface area contributed by atoms with E-state index >= 15 is 0 Å². The predicted octanol–water partition coefficient (Wildman–Crippen LogP) is 2.09. The molecule has 2 saturated heterocycles. The number of nitrogens with zero attached hydrogens (tertiary/aromatic N) is 4. The minimum absolute atomic E-state index is 0.0577. The number of amides is 1. The summed E-state index contributed by atoms with van der Waals surface area (Å²) in [6.45, 7) is 1.06. The van der Waals surface area contributed by atoms with Gasteiger partial charge in [0, 0.05) is 18.9 Å². The molecule has 144 valence electrons. The number of aromatic hydroxyl groups is 1. The van der Waals surface area contributed by atoms with E-state index < -0.39 is 12.1 Å². The van der Waals surface area contributed by atoms with Crippen LogP contribution in [0, 0.1) is 5.41 Å². The Hall–Kier alpha value is -3.49. The van der Waals surface area contributed by atoms with E-state index in [1.807, 2.05) is 4.90 Å². The van der Waals surface area contributed by atoms with Crippen molar-refractivity contribution < 1.29 is 14.3 Å². The Balaban J connectivity index is 1.46. The number of hydrogen-bond acceptors (Lipinski definition) is 7. The van der Waals surface area contributed by atoms with Crippen LogP contribution in [0.4, 0.5) is 21.6 Å². The van der Waals surface area contributed by atoms with E-state index in [1.54, 1.807) is 30.5 Å². The van der Waals surface area contributed by atoms with E-state index in [0.717, 1.165) is 0 Å². The highest BCUT2D eigenvalue weighted by Crippen LogP contribution is 2.29. The van der Waals surface area contributed by atoms with E-state index in [9.17, 15) is 14.3 Å². The van der Waals surface area contributed by atoms with Crippen molar-refractivity contribution in [1.29, 1.82) is 5.41 Å². The molecule has 2 aliphatic rings. The molecule has 0 bridgehead atoms. The van der Waals surface area contributed by atoms with Gasteiger partial charge in [0.1, 0.15) is 17.7 Å². The molecule has 2 fully saturated rings. The lowest BCUT2D eigenvalue weighted by molar-refractivity contribution is -0.114. The molecule has 4 rings (SSSR count). The van der Waals surface area contributed by atoms with Gasteiger partial charge >= 0.3 is 0 Å². The van der Waals surface area contributed by atoms with Crippen LogP contribution in [0.1, 0.15) is 6.42 Å². The van der Waals surface area contributed by atoms with E-state index in [4.69, 9.17) is 5.41 Å². The molecule has 0 aromatic carbocycles. The van der Waals surface area contributed by atoms with Crippen LogP contribution < -0.4 is 15.1 Å². The number of carbonyl (C=O) groups excluding carboxylic acids is 1.